The van der Waals surface area contributed by atoms with Crippen molar-refractivity contribution < 1.29 is 17.9 Å². The Kier molecular flexibility index (Phi) is 3.92. The minimum Gasteiger partial charge on any atom is -0.406 e. The number of halogens is 3. The molecule has 3 N–H and O–H groups in total. The number of hydrogen-bond donors (Lipinski definition) is 2. The summed E-state index contributed by atoms with van der Waals surface area (Å²) < 4.78 is 39.1. The molecule has 5 nitrogen and oxygen atoms in total. The molecular formula is C8H9F3N4O. The predicted octanol–water partition coefficient (Wildman–Crippen LogP) is 1.92. The Morgan fingerprint density at radius 1 is 1.25 bits per heavy atom. The molecule has 1 rings (SSSR count). The van der Waals surface area contributed by atoms with Crippen molar-refractivity contribution in [2.75, 3.05) is 0 Å². The van der Waals surface area contributed by atoms with Crippen molar-refractivity contribution in [3.8, 4) is 5.75 Å². The first-order valence-corrected chi connectivity index (χ1v) is 4.19. The molecule has 1 aromatic rings. The third-order valence-electron chi connectivity index (χ3n) is 1.57. The van der Waals surface area contributed by atoms with E-state index in [9.17, 15) is 13.2 Å². The summed E-state index contributed by atoms with van der Waals surface area (Å²) in [7, 11) is 0. The Bertz CT molecular complexity index is 349. The topological polar surface area (TPSA) is 72.0 Å². The van der Waals surface area contributed by atoms with Crippen LogP contribution in [0.1, 0.15) is 5.56 Å². The van der Waals surface area contributed by atoms with Crippen LogP contribution in [0.25, 0.3) is 0 Å². The number of nitrogens with two attached hydrogens (primary N) is 1. The summed E-state index contributed by atoms with van der Waals surface area (Å²) in [5.74, 6) is 4.47. The second-order valence-electron chi connectivity index (χ2n) is 2.74. The first-order chi connectivity index (χ1) is 7.51. The Hall–Kier alpha value is -1.99. The molecule has 8 heteroatoms. The van der Waals surface area contributed by atoms with Gasteiger partial charge in [-0.25, -0.2) is 0 Å². The molecule has 0 bridgehead atoms. The van der Waals surface area contributed by atoms with E-state index in [1.165, 1.54) is 24.3 Å². The summed E-state index contributed by atoms with van der Waals surface area (Å²) in [6, 6.07) is 5.37. The van der Waals surface area contributed by atoms with E-state index in [2.05, 4.69) is 20.6 Å². The molecule has 16 heavy (non-hydrogen) atoms. The summed E-state index contributed by atoms with van der Waals surface area (Å²) in [5, 5.41) is 6.25. The van der Waals surface area contributed by atoms with Crippen molar-refractivity contribution in [2.24, 2.45) is 16.3 Å². The van der Waals surface area contributed by atoms with Gasteiger partial charge in [0.05, 0.1) is 6.54 Å². The molecule has 0 amide bonds. The summed E-state index contributed by atoms with van der Waals surface area (Å²) in [6.07, 6.45) is -4.67. The molecule has 0 aliphatic rings. The van der Waals surface area contributed by atoms with Gasteiger partial charge in [0.15, 0.2) is 0 Å². The smallest absolute Gasteiger partial charge is 0.406 e. The lowest BCUT2D eigenvalue weighted by Gasteiger charge is -2.08. The molecule has 0 unspecified atom stereocenters. The van der Waals surface area contributed by atoms with Crippen LogP contribution in [0.4, 0.5) is 13.2 Å². The maximum absolute atomic E-state index is 11.8. The molecule has 0 spiro atoms. The van der Waals surface area contributed by atoms with Crippen LogP contribution in [-0.2, 0) is 6.54 Å². The van der Waals surface area contributed by atoms with Crippen molar-refractivity contribution in [2.45, 2.75) is 12.9 Å². The molecule has 0 saturated carbocycles. The van der Waals surface area contributed by atoms with Gasteiger partial charge in [-0.1, -0.05) is 22.6 Å². The maximum atomic E-state index is 11.8. The van der Waals surface area contributed by atoms with Crippen LogP contribution >= 0.6 is 0 Å². The highest BCUT2D eigenvalue weighted by Gasteiger charge is 2.30. The minimum absolute atomic E-state index is 0.267. The summed E-state index contributed by atoms with van der Waals surface area (Å²) in [6.45, 7) is 0.312. The third kappa shape index (κ3) is 4.49. The highest BCUT2D eigenvalue weighted by Crippen LogP contribution is 2.22. The van der Waals surface area contributed by atoms with Crippen LogP contribution in [0.2, 0.25) is 0 Å². The second kappa shape index (κ2) is 5.19. The quantitative estimate of drug-likeness (QED) is 0.475. The molecule has 88 valence electrons. The number of alkyl halides is 3. The van der Waals surface area contributed by atoms with E-state index >= 15 is 0 Å². The molecule has 1 aromatic carbocycles. The number of hydrogen-bond acceptors (Lipinski definition) is 3. The lowest BCUT2D eigenvalue weighted by Crippen LogP contribution is -2.17. The lowest BCUT2D eigenvalue weighted by atomic mass is 10.2. The van der Waals surface area contributed by atoms with E-state index in [-0.39, 0.29) is 5.75 Å². The fourth-order valence-electron chi connectivity index (χ4n) is 0.976. The van der Waals surface area contributed by atoms with Gasteiger partial charge in [-0.15, -0.1) is 13.2 Å². The lowest BCUT2D eigenvalue weighted by molar-refractivity contribution is -0.274. The van der Waals surface area contributed by atoms with Gasteiger partial charge in [0.1, 0.15) is 5.75 Å². The van der Waals surface area contributed by atoms with E-state index in [1.807, 2.05) is 0 Å². The largest absolute Gasteiger partial charge is 0.573 e. The van der Waals surface area contributed by atoms with Crippen LogP contribution in [0.3, 0.4) is 0 Å². The predicted molar refractivity (Wildman–Crippen MR) is 49.0 cm³/mol. The zero-order chi connectivity index (χ0) is 12.0. The summed E-state index contributed by atoms with van der Waals surface area (Å²) >= 11 is 0. The zero-order valence-corrected chi connectivity index (χ0v) is 8.03. The molecule has 0 heterocycles. The highest BCUT2D eigenvalue weighted by molar-refractivity contribution is 5.27. The van der Waals surface area contributed by atoms with E-state index in [1.54, 1.807) is 0 Å². The summed E-state index contributed by atoms with van der Waals surface area (Å²) in [4.78, 5) is 0. The molecule has 0 aliphatic heterocycles. The number of nitrogens with zero attached hydrogens (tertiary/aromatic N) is 2. The summed E-state index contributed by atoms with van der Waals surface area (Å²) in [5.41, 5.74) is 3.21. The Morgan fingerprint density at radius 2 is 1.88 bits per heavy atom. The van der Waals surface area contributed by atoms with Gasteiger partial charge in [-0.3, -0.25) is 5.43 Å². The van der Waals surface area contributed by atoms with Crippen LogP contribution in [0.5, 0.6) is 5.75 Å². The van der Waals surface area contributed by atoms with E-state index in [0.717, 1.165) is 5.56 Å². The fourth-order valence-corrected chi connectivity index (χ4v) is 0.976. The first-order valence-electron chi connectivity index (χ1n) is 4.19. The van der Waals surface area contributed by atoms with Crippen LogP contribution in [0, 0.1) is 0 Å². The van der Waals surface area contributed by atoms with Crippen molar-refractivity contribution in [1.29, 1.82) is 0 Å². The average molecular weight is 234 g/mol. The normalized spacial score (nSPS) is 11.7. The highest BCUT2D eigenvalue weighted by atomic mass is 19.4. The molecule has 0 radical (unpaired) electrons. The van der Waals surface area contributed by atoms with Crippen molar-refractivity contribution >= 4 is 0 Å². The van der Waals surface area contributed by atoms with Crippen molar-refractivity contribution in [3.05, 3.63) is 29.8 Å². The van der Waals surface area contributed by atoms with Gasteiger partial charge < -0.3 is 10.6 Å². The average Bonchev–Trinajstić information content (AvgIpc) is 2.19. The monoisotopic (exact) mass is 234 g/mol. The van der Waals surface area contributed by atoms with Crippen molar-refractivity contribution in [3.63, 3.8) is 0 Å². The molecule has 0 saturated heterocycles. The molecule has 0 fully saturated rings. The Labute approximate surface area is 89.0 Å². The number of benzene rings is 1. The second-order valence-corrected chi connectivity index (χ2v) is 2.74. The van der Waals surface area contributed by atoms with E-state index < -0.39 is 6.36 Å². The van der Waals surface area contributed by atoms with E-state index in [0.29, 0.717) is 6.54 Å². The Morgan fingerprint density at radius 3 is 2.38 bits per heavy atom. The number of nitrogens with one attached hydrogen (secondary N) is 1. The third-order valence-corrected chi connectivity index (χ3v) is 1.57. The van der Waals surface area contributed by atoms with Gasteiger partial charge >= 0.3 is 6.36 Å². The standard InChI is InChI=1S/C8H9F3N4O/c9-8(10,11)16-7-3-1-6(2-4-7)5-13-15-14-12/h1-4H,5H2,(H2,12,15)(H,13,14). The van der Waals surface area contributed by atoms with Gasteiger partial charge in [-0.2, -0.15) is 0 Å². The number of rotatable bonds is 4. The van der Waals surface area contributed by atoms with Gasteiger partial charge in [0, 0.05) is 0 Å². The fraction of sp³-hybridized carbons (Fsp3) is 0.250. The zero-order valence-electron chi connectivity index (χ0n) is 8.03. The molecule has 0 atom stereocenters. The van der Waals surface area contributed by atoms with Gasteiger partial charge in [0.2, 0.25) is 0 Å². The van der Waals surface area contributed by atoms with Gasteiger partial charge in [-0.05, 0) is 17.7 Å². The van der Waals surface area contributed by atoms with Crippen molar-refractivity contribution in [1.82, 2.24) is 5.43 Å². The number of ether oxygens (including phenoxy) is 1. The van der Waals surface area contributed by atoms with Crippen LogP contribution < -0.4 is 16.0 Å². The SMILES string of the molecule is NN=NNCc1ccc(OC(F)(F)F)cc1. The Balaban J connectivity index is 2.54. The minimum atomic E-state index is -4.67. The van der Waals surface area contributed by atoms with Crippen LogP contribution in [0.15, 0.2) is 34.7 Å². The molecular weight excluding hydrogens is 225 g/mol. The maximum Gasteiger partial charge on any atom is 0.573 e. The van der Waals surface area contributed by atoms with Crippen LogP contribution in [-0.4, -0.2) is 6.36 Å². The van der Waals surface area contributed by atoms with E-state index in [4.69, 9.17) is 5.84 Å². The molecule has 0 aliphatic carbocycles. The van der Waals surface area contributed by atoms with Gasteiger partial charge in [0.25, 0.3) is 0 Å². The first kappa shape index (κ1) is 12.1. The molecule has 0 aromatic heterocycles.